The predicted octanol–water partition coefficient (Wildman–Crippen LogP) is 3.91. The van der Waals surface area contributed by atoms with E-state index in [2.05, 4.69) is 43.9 Å². The van der Waals surface area contributed by atoms with Crippen LogP contribution >= 0.6 is 11.6 Å². The molecule has 144 valence electrons. The highest BCUT2D eigenvalue weighted by Gasteiger charge is 2.26. The van der Waals surface area contributed by atoms with Crippen molar-refractivity contribution in [1.29, 1.82) is 0 Å². The third-order valence-corrected chi connectivity index (χ3v) is 6.30. The summed E-state index contributed by atoms with van der Waals surface area (Å²) in [6.45, 7) is 7.84. The highest BCUT2D eigenvalue weighted by atomic mass is 35.5. The third kappa shape index (κ3) is 4.81. The Labute approximate surface area is 167 Å². The Hall–Kier alpha value is -1.62. The van der Waals surface area contributed by atoms with E-state index in [1.807, 2.05) is 24.4 Å². The summed E-state index contributed by atoms with van der Waals surface area (Å²) in [6.07, 6.45) is 5.63. The molecule has 2 fully saturated rings. The summed E-state index contributed by atoms with van der Waals surface area (Å²) in [5.41, 5.74) is 1.25. The lowest BCUT2D eigenvalue weighted by molar-refractivity contribution is 0.110. The molecule has 1 aromatic heterocycles. The first-order valence-electron chi connectivity index (χ1n) is 10.2. The maximum atomic E-state index is 6.33. The molecule has 0 aliphatic carbocycles. The van der Waals surface area contributed by atoms with E-state index in [-0.39, 0.29) is 0 Å². The number of aromatic nitrogens is 1. The molecule has 2 aliphatic rings. The van der Waals surface area contributed by atoms with Gasteiger partial charge in [-0.3, -0.25) is 9.80 Å². The zero-order valence-corrected chi connectivity index (χ0v) is 16.7. The maximum absolute atomic E-state index is 6.33. The molecular formula is C22H29ClN4. The molecule has 3 heterocycles. The van der Waals surface area contributed by atoms with Crippen LogP contribution in [0.3, 0.4) is 0 Å². The van der Waals surface area contributed by atoms with E-state index in [1.54, 1.807) is 0 Å². The minimum atomic E-state index is 0.719. The number of pyridine rings is 1. The lowest BCUT2D eigenvalue weighted by Crippen LogP contribution is -2.46. The average Bonchev–Trinajstić information content (AvgIpc) is 2.97. The van der Waals surface area contributed by atoms with Crippen LogP contribution in [0.1, 0.15) is 24.8 Å². The van der Waals surface area contributed by atoms with Gasteiger partial charge in [0.15, 0.2) is 0 Å². The number of likely N-dealkylation sites (tertiary alicyclic amines) is 1. The first-order chi connectivity index (χ1) is 13.3. The number of nitrogens with zero attached hydrogens (tertiary/aromatic N) is 4. The van der Waals surface area contributed by atoms with Crippen molar-refractivity contribution in [3.8, 4) is 0 Å². The maximum Gasteiger partial charge on any atom is 0.128 e. The standard InChI is InChI=1S/C22H29ClN4/c23-21-7-2-1-6-19(21)18-25-14-9-20(10-15-25)26-12-5-13-27(17-16-26)22-8-3-4-11-24-22/h1-4,6-8,11,20H,5,9-10,12-18H2. The van der Waals surface area contributed by atoms with Gasteiger partial charge >= 0.3 is 0 Å². The molecule has 2 saturated heterocycles. The molecule has 0 N–H and O–H groups in total. The van der Waals surface area contributed by atoms with Gasteiger partial charge in [-0.2, -0.15) is 0 Å². The van der Waals surface area contributed by atoms with Gasteiger partial charge < -0.3 is 4.90 Å². The van der Waals surface area contributed by atoms with Crippen molar-refractivity contribution in [3.05, 3.63) is 59.2 Å². The van der Waals surface area contributed by atoms with Gasteiger partial charge in [-0.05, 0) is 56.1 Å². The van der Waals surface area contributed by atoms with E-state index in [1.165, 1.54) is 31.4 Å². The number of benzene rings is 1. The molecule has 0 spiro atoms. The first kappa shape index (κ1) is 18.7. The van der Waals surface area contributed by atoms with Crippen molar-refractivity contribution in [2.24, 2.45) is 0 Å². The molecule has 0 atom stereocenters. The van der Waals surface area contributed by atoms with Crippen molar-refractivity contribution in [2.75, 3.05) is 44.2 Å². The van der Waals surface area contributed by atoms with Gasteiger partial charge in [0.2, 0.25) is 0 Å². The van der Waals surface area contributed by atoms with E-state index in [0.717, 1.165) is 56.2 Å². The largest absolute Gasteiger partial charge is 0.355 e. The number of rotatable bonds is 4. The topological polar surface area (TPSA) is 22.6 Å². The summed E-state index contributed by atoms with van der Waals surface area (Å²) in [7, 11) is 0. The molecule has 0 bridgehead atoms. The fraction of sp³-hybridized carbons (Fsp3) is 0.500. The molecule has 0 saturated carbocycles. The number of anilines is 1. The SMILES string of the molecule is Clc1ccccc1CN1CCC(N2CCCN(c3ccccn3)CC2)CC1. The highest BCUT2D eigenvalue weighted by Crippen LogP contribution is 2.23. The third-order valence-electron chi connectivity index (χ3n) is 5.93. The summed E-state index contributed by atoms with van der Waals surface area (Å²) in [4.78, 5) is 12.2. The van der Waals surface area contributed by atoms with Gasteiger partial charge in [0.1, 0.15) is 5.82 Å². The molecule has 4 rings (SSSR count). The Morgan fingerprint density at radius 2 is 1.70 bits per heavy atom. The van der Waals surface area contributed by atoms with Crippen molar-refractivity contribution in [2.45, 2.75) is 31.8 Å². The van der Waals surface area contributed by atoms with E-state index in [0.29, 0.717) is 0 Å². The van der Waals surface area contributed by atoms with Gasteiger partial charge in [0.05, 0.1) is 0 Å². The number of hydrogen-bond donors (Lipinski definition) is 0. The van der Waals surface area contributed by atoms with Gasteiger partial charge in [-0.15, -0.1) is 0 Å². The van der Waals surface area contributed by atoms with Crippen molar-refractivity contribution >= 4 is 17.4 Å². The Balaban J connectivity index is 1.28. The minimum absolute atomic E-state index is 0.719. The minimum Gasteiger partial charge on any atom is -0.355 e. The van der Waals surface area contributed by atoms with Gasteiger partial charge in [-0.1, -0.05) is 35.9 Å². The van der Waals surface area contributed by atoms with Crippen LogP contribution in [0, 0.1) is 0 Å². The van der Waals surface area contributed by atoms with Crippen LogP contribution in [0.5, 0.6) is 0 Å². The van der Waals surface area contributed by atoms with Crippen LogP contribution < -0.4 is 4.90 Å². The highest BCUT2D eigenvalue weighted by molar-refractivity contribution is 6.31. The smallest absolute Gasteiger partial charge is 0.128 e. The van der Waals surface area contributed by atoms with Crippen LogP contribution in [-0.4, -0.2) is 60.1 Å². The second kappa shape index (κ2) is 9.05. The second-order valence-corrected chi connectivity index (χ2v) is 8.07. The fourth-order valence-corrected chi connectivity index (χ4v) is 4.58. The molecule has 2 aromatic rings. The van der Waals surface area contributed by atoms with Gasteiger partial charge in [0.25, 0.3) is 0 Å². The number of halogens is 1. The van der Waals surface area contributed by atoms with Gasteiger partial charge in [-0.25, -0.2) is 4.98 Å². The molecule has 0 radical (unpaired) electrons. The Bertz CT molecular complexity index is 715. The molecule has 27 heavy (non-hydrogen) atoms. The molecule has 0 unspecified atom stereocenters. The summed E-state index contributed by atoms with van der Waals surface area (Å²) in [5.74, 6) is 1.12. The Morgan fingerprint density at radius 3 is 2.48 bits per heavy atom. The number of hydrogen-bond acceptors (Lipinski definition) is 4. The lowest BCUT2D eigenvalue weighted by atomic mass is 10.0. The van der Waals surface area contributed by atoms with Crippen molar-refractivity contribution < 1.29 is 0 Å². The quantitative estimate of drug-likeness (QED) is 0.797. The van der Waals surface area contributed by atoms with Crippen LogP contribution in [0.4, 0.5) is 5.82 Å². The zero-order valence-electron chi connectivity index (χ0n) is 15.9. The van der Waals surface area contributed by atoms with Crippen molar-refractivity contribution in [1.82, 2.24) is 14.8 Å². The summed E-state index contributed by atoms with van der Waals surface area (Å²) >= 11 is 6.33. The number of piperidine rings is 1. The first-order valence-corrected chi connectivity index (χ1v) is 10.5. The molecular weight excluding hydrogens is 356 g/mol. The van der Waals surface area contributed by atoms with E-state index in [4.69, 9.17) is 11.6 Å². The van der Waals surface area contributed by atoms with E-state index >= 15 is 0 Å². The Kier molecular flexibility index (Phi) is 6.28. The average molecular weight is 385 g/mol. The molecule has 2 aliphatic heterocycles. The lowest BCUT2D eigenvalue weighted by Gasteiger charge is -2.38. The summed E-state index contributed by atoms with van der Waals surface area (Å²) in [5, 5.41) is 0.891. The van der Waals surface area contributed by atoms with Gasteiger partial charge in [0, 0.05) is 50.0 Å². The predicted molar refractivity (Wildman–Crippen MR) is 112 cm³/mol. The van der Waals surface area contributed by atoms with E-state index < -0.39 is 0 Å². The summed E-state index contributed by atoms with van der Waals surface area (Å²) in [6, 6.07) is 15.1. The second-order valence-electron chi connectivity index (χ2n) is 7.66. The van der Waals surface area contributed by atoms with Crippen molar-refractivity contribution in [3.63, 3.8) is 0 Å². The summed E-state index contributed by atoms with van der Waals surface area (Å²) < 4.78 is 0. The van der Waals surface area contributed by atoms with Crippen LogP contribution in [0.25, 0.3) is 0 Å². The normalized spacial score (nSPS) is 20.6. The molecule has 1 aromatic carbocycles. The van der Waals surface area contributed by atoms with Crippen LogP contribution in [-0.2, 0) is 6.54 Å². The molecule has 5 heteroatoms. The van der Waals surface area contributed by atoms with Crippen LogP contribution in [0.2, 0.25) is 5.02 Å². The van der Waals surface area contributed by atoms with E-state index in [9.17, 15) is 0 Å². The Morgan fingerprint density at radius 1 is 0.889 bits per heavy atom. The fourth-order valence-electron chi connectivity index (χ4n) is 4.38. The van der Waals surface area contributed by atoms with Crippen LogP contribution in [0.15, 0.2) is 48.7 Å². The zero-order chi connectivity index (χ0) is 18.5. The molecule has 4 nitrogen and oxygen atoms in total. The monoisotopic (exact) mass is 384 g/mol. The molecule has 0 amide bonds.